The molecule has 4 atom stereocenters. The highest BCUT2D eigenvalue weighted by molar-refractivity contribution is 6.05. The van der Waals surface area contributed by atoms with E-state index in [1.165, 1.54) is 5.01 Å². The molecule has 2 bridgehead atoms. The van der Waals surface area contributed by atoms with Crippen LogP contribution in [0.4, 0.5) is 5.69 Å². The van der Waals surface area contributed by atoms with Gasteiger partial charge in [-0.15, -0.1) is 0 Å². The minimum absolute atomic E-state index is 0.00609. The van der Waals surface area contributed by atoms with Crippen molar-refractivity contribution >= 4 is 17.5 Å². The van der Waals surface area contributed by atoms with Crippen molar-refractivity contribution in [1.29, 1.82) is 0 Å². The van der Waals surface area contributed by atoms with Crippen LogP contribution >= 0.6 is 0 Å². The standard InChI is InChI=1S/C17H16N2O2/c20-15-13-11-6-7-12(17(11)8-9-17)14(13)16(21)19(18-15)10-4-2-1-3-5-10/h1-7,11-14H,8-9H2,(H,18,20)/t11-,12-,13-,14-/m0/s1. The topological polar surface area (TPSA) is 49.4 Å². The number of fused-ring (bicyclic) bond motifs is 3. The third-order valence-electron chi connectivity index (χ3n) is 5.89. The largest absolute Gasteiger partial charge is 0.273 e. The molecule has 4 nitrogen and oxygen atoms in total. The maximum Gasteiger partial charge on any atom is 0.250 e. The summed E-state index contributed by atoms with van der Waals surface area (Å²) in [6.07, 6.45) is 6.70. The van der Waals surface area contributed by atoms with Crippen LogP contribution in [-0.2, 0) is 9.59 Å². The monoisotopic (exact) mass is 280 g/mol. The van der Waals surface area contributed by atoms with E-state index in [0.717, 1.165) is 18.5 Å². The number of hydrogen-bond donors (Lipinski definition) is 1. The number of hydrogen-bond acceptors (Lipinski definition) is 2. The molecule has 1 heterocycles. The molecule has 0 radical (unpaired) electrons. The second kappa shape index (κ2) is 3.56. The number of nitrogens with one attached hydrogen (secondary N) is 1. The van der Waals surface area contributed by atoms with Crippen molar-refractivity contribution in [3.8, 4) is 0 Å². The SMILES string of the molecule is O=C1NN(c2ccccc2)C(=O)[C@@H]2[C@@H]1[C@@H]1C=C[C@@H]2C12CC2. The highest BCUT2D eigenvalue weighted by Crippen LogP contribution is 2.72. The fourth-order valence-electron chi connectivity index (χ4n) is 4.85. The molecular formula is C17H16N2O2. The number of rotatable bonds is 1. The Bertz CT molecular complexity index is 677. The maximum atomic E-state index is 12.9. The molecule has 1 saturated heterocycles. The molecule has 1 aliphatic heterocycles. The number of hydrazine groups is 1. The molecule has 0 aromatic heterocycles. The van der Waals surface area contributed by atoms with E-state index in [9.17, 15) is 9.59 Å². The third kappa shape index (κ3) is 1.26. The number of carbonyl (C=O) groups excluding carboxylic acids is 2. The van der Waals surface area contributed by atoms with Gasteiger partial charge in [-0.05, 0) is 42.2 Å². The summed E-state index contributed by atoms with van der Waals surface area (Å²) in [7, 11) is 0. The van der Waals surface area contributed by atoms with Crippen LogP contribution in [-0.4, -0.2) is 11.8 Å². The van der Waals surface area contributed by atoms with Crippen LogP contribution in [0.1, 0.15) is 12.8 Å². The average molecular weight is 280 g/mol. The van der Waals surface area contributed by atoms with E-state index in [4.69, 9.17) is 0 Å². The van der Waals surface area contributed by atoms with Crippen LogP contribution in [0.2, 0.25) is 0 Å². The lowest BCUT2D eigenvalue weighted by molar-refractivity contribution is -0.140. The first-order chi connectivity index (χ1) is 10.2. The third-order valence-corrected chi connectivity index (χ3v) is 5.89. The van der Waals surface area contributed by atoms with E-state index in [1.807, 2.05) is 30.3 Å². The van der Waals surface area contributed by atoms with Crippen LogP contribution in [0.5, 0.6) is 0 Å². The normalized spacial score (nSPS) is 37.8. The first-order valence-corrected chi connectivity index (χ1v) is 7.60. The van der Waals surface area contributed by atoms with E-state index in [-0.39, 0.29) is 40.9 Å². The van der Waals surface area contributed by atoms with Crippen molar-refractivity contribution < 1.29 is 9.59 Å². The molecule has 106 valence electrons. The van der Waals surface area contributed by atoms with Gasteiger partial charge >= 0.3 is 0 Å². The van der Waals surface area contributed by atoms with Crippen LogP contribution in [0, 0.1) is 29.1 Å². The van der Waals surface area contributed by atoms with Gasteiger partial charge in [-0.25, -0.2) is 5.01 Å². The van der Waals surface area contributed by atoms with Gasteiger partial charge in [-0.2, -0.15) is 0 Å². The molecule has 1 aromatic rings. The summed E-state index contributed by atoms with van der Waals surface area (Å²) >= 11 is 0. The first-order valence-electron chi connectivity index (χ1n) is 7.60. The van der Waals surface area contributed by atoms with E-state index in [2.05, 4.69) is 17.6 Å². The number of amides is 2. The van der Waals surface area contributed by atoms with E-state index >= 15 is 0 Å². The van der Waals surface area contributed by atoms with Gasteiger partial charge in [0.1, 0.15) is 0 Å². The Balaban J connectivity index is 1.57. The van der Waals surface area contributed by atoms with Crippen molar-refractivity contribution in [2.45, 2.75) is 12.8 Å². The van der Waals surface area contributed by atoms with Gasteiger partial charge in [0.2, 0.25) is 11.8 Å². The molecule has 3 fully saturated rings. The summed E-state index contributed by atoms with van der Waals surface area (Å²) in [4.78, 5) is 25.5. The second-order valence-corrected chi connectivity index (χ2v) is 6.71. The minimum Gasteiger partial charge on any atom is -0.273 e. The fourth-order valence-corrected chi connectivity index (χ4v) is 4.85. The lowest BCUT2D eigenvalue weighted by atomic mass is 9.80. The van der Waals surface area contributed by atoms with Gasteiger partial charge in [0, 0.05) is 0 Å². The molecule has 3 aliphatic carbocycles. The fraction of sp³-hybridized carbons (Fsp3) is 0.412. The smallest absolute Gasteiger partial charge is 0.250 e. The summed E-state index contributed by atoms with van der Waals surface area (Å²) in [6, 6.07) is 9.37. The molecule has 5 rings (SSSR count). The lowest BCUT2D eigenvalue weighted by Gasteiger charge is -2.37. The average Bonchev–Trinajstić information content (AvgIpc) is 3.17. The summed E-state index contributed by atoms with van der Waals surface area (Å²) < 4.78 is 0. The Kier molecular flexibility index (Phi) is 1.96. The molecule has 0 unspecified atom stereocenters. The van der Waals surface area contributed by atoms with Gasteiger partial charge < -0.3 is 0 Å². The number of anilines is 1. The predicted octanol–water partition coefficient (Wildman–Crippen LogP) is 1.89. The Labute approximate surface area is 122 Å². The van der Waals surface area contributed by atoms with Crippen molar-refractivity contribution in [1.82, 2.24) is 5.43 Å². The van der Waals surface area contributed by atoms with Gasteiger partial charge in [0.15, 0.2) is 0 Å². The highest BCUT2D eigenvalue weighted by Gasteiger charge is 2.71. The lowest BCUT2D eigenvalue weighted by Crippen LogP contribution is -2.60. The molecule has 1 spiro atoms. The van der Waals surface area contributed by atoms with Crippen molar-refractivity contribution in [3.05, 3.63) is 42.5 Å². The van der Waals surface area contributed by atoms with Crippen molar-refractivity contribution in [3.63, 3.8) is 0 Å². The molecule has 4 aliphatic rings. The molecule has 1 N–H and O–H groups in total. The number of benzene rings is 1. The van der Waals surface area contributed by atoms with Crippen LogP contribution in [0.15, 0.2) is 42.5 Å². The van der Waals surface area contributed by atoms with Crippen molar-refractivity contribution in [2.75, 3.05) is 5.01 Å². The van der Waals surface area contributed by atoms with Gasteiger partial charge in [0.05, 0.1) is 17.5 Å². The number of para-hydroxylation sites is 1. The summed E-state index contributed by atoms with van der Waals surface area (Å²) in [5.41, 5.74) is 3.79. The van der Waals surface area contributed by atoms with Gasteiger partial charge in [0.25, 0.3) is 0 Å². The Morgan fingerprint density at radius 3 is 2.33 bits per heavy atom. The van der Waals surface area contributed by atoms with Crippen LogP contribution in [0.3, 0.4) is 0 Å². The molecule has 1 aromatic carbocycles. The maximum absolute atomic E-state index is 12.9. The highest BCUT2D eigenvalue weighted by atomic mass is 16.2. The Hall–Kier alpha value is -2.10. The quantitative estimate of drug-likeness (QED) is 0.799. The Morgan fingerprint density at radius 2 is 1.67 bits per heavy atom. The molecule has 2 amide bonds. The van der Waals surface area contributed by atoms with E-state index in [0.29, 0.717) is 0 Å². The first kappa shape index (κ1) is 11.5. The van der Waals surface area contributed by atoms with Crippen LogP contribution < -0.4 is 10.4 Å². The van der Waals surface area contributed by atoms with Gasteiger partial charge in [-0.1, -0.05) is 30.4 Å². The summed E-state index contributed by atoms with van der Waals surface area (Å²) in [5, 5.41) is 1.45. The van der Waals surface area contributed by atoms with E-state index < -0.39 is 0 Å². The number of nitrogens with zero attached hydrogens (tertiary/aromatic N) is 1. The molecule has 21 heavy (non-hydrogen) atoms. The van der Waals surface area contributed by atoms with Crippen LogP contribution in [0.25, 0.3) is 0 Å². The predicted molar refractivity (Wildman–Crippen MR) is 76.8 cm³/mol. The molecular weight excluding hydrogens is 264 g/mol. The number of carbonyl (C=O) groups is 2. The van der Waals surface area contributed by atoms with Gasteiger partial charge in [-0.3, -0.25) is 15.0 Å². The van der Waals surface area contributed by atoms with E-state index in [1.54, 1.807) is 0 Å². The molecule has 2 saturated carbocycles. The number of allylic oxidation sites excluding steroid dienone is 2. The molecule has 4 heteroatoms. The second-order valence-electron chi connectivity index (χ2n) is 6.71. The zero-order chi connectivity index (χ0) is 14.2. The summed E-state index contributed by atoms with van der Waals surface area (Å²) in [5.74, 6) is 0.263. The zero-order valence-electron chi connectivity index (χ0n) is 11.5. The zero-order valence-corrected chi connectivity index (χ0v) is 11.5. The Morgan fingerprint density at radius 1 is 1.00 bits per heavy atom. The van der Waals surface area contributed by atoms with Crippen molar-refractivity contribution in [2.24, 2.45) is 29.1 Å². The summed E-state index contributed by atoms with van der Waals surface area (Å²) in [6.45, 7) is 0. The minimum atomic E-state index is -0.170.